The lowest BCUT2D eigenvalue weighted by atomic mass is 9.99. The van der Waals surface area contributed by atoms with Gasteiger partial charge in [0.1, 0.15) is 12.4 Å². The summed E-state index contributed by atoms with van der Waals surface area (Å²) in [5.41, 5.74) is 0.779. The van der Waals surface area contributed by atoms with Gasteiger partial charge in [-0.3, -0.25) is 9.69 Å². The molecule has 0 saturated carbocycles. The van der Waals surface area contributed by atoms with E-state index in [9.17, 15) is 18.8 Å². The molecule has 3 atom stereocenters. The molecule has 0 spiro atoms. The summed E-state index contributed by atoms with van der Waals surface area (Å²) in [4.78, 5) is 35.4. The number of alkyl carbamates (subject to hydrolysis) is 1. The van der Waals surface area contributed by atoms with Gasteiger partial charge in [0.05, 0.1) is 7.11 Å². The minimum atomic E-state index is -1.98. The van der Waals surface area contributed by atoms with E-state index in [2.05, 4.69) is 11.9 Å². The topological polar surface area (TPSA) is 105 Å². The van der Waals surface area contributed by atoms with Crippen LogP contribution in [0.25, 0.3) is 0 Å². The molecule has 140 valence electrons. The molecule has 8 nitrogen and oxygen atoms in total. The first-order chi connectivity index (χ1) is 12.3. The van der Waals surface area contributed by atoms with Crippen molar-refractivity contribution < 1.29 is 33.4 Å². The van der Waals surface area contributed by atoms with Gasteiger partial charge in [0, 0.05) is 0 Å². The summed E-state index contributed by atoms with van der Waals surface area (Å²) in [5.74, 6) is -1.60. The van der Waals surface area contributed by atoms with E-state index in [0.717, 1.165) is 0 Å². The Kier molecular flexibility index (Phi) is 5.81. The molecule has 1 fully saturated rings. The number of benzene rings is 1. The van der Waals surface area contributed by atoms with Gasteiger partial charge in [-0.2, -0.15) is 0 Å². The number of likely N-dealkylation sites (tertiary alicyclic amines) is 1. The Labute approximate surface area is 149 Å². The van der Waals surface area contributed by atoms with Gasteiger partial charge >= 0.3 is 12.1 Å². The van der Waals surface area contributed by atoms with E-state index in [4.69, 9.17) is 14.6 Å². The number of carboxylic acids is 1. The van der Waals surface area contributed by atoms with Crippen LogP contribution >= 0.6 is 0 Å². The molecule has 1 heterocycles. The van der Waals surface area contributed by atoms with Crippen LogP contribution in [0.2, 0.25) is 0 Å². The zero-order valence-corrected chi connectivity index (χ0v) is 14.3. The zero-order valence-electron chi connectivity index (χ0n) is 14.3. The number of β-lactam (4-membered cyclic amide) rings is 1. The smallest absolute Gasteiger partial charge is 0.408 e. The number of carbonyl (C=O) groups excluding carboxylic acids is 2. The van der Waals surface area contributed by atoms with Crippen LogP contribution < -0.4 is 10.1 Å². The van der Waals surface area contributed by atoms with E-state index < -0.39 is 36.3 Å². The van der Waals surface area contributed by atoms with Crippen LogP contribution in [0.15, 0.2) is 36.4 Å². The minimum Gasteiger partial charge on any atom is -0.497 e. The monoisotopic (exact) mass is 366 g/mol. The standard InChI is InChI=1S/C17H19FN2O6/c1-9(2)13(16(22)23)20-14(18)12(15(20)21)19-17(24)26-8-10-4-6-11(25-3)7-5-10/h4-7,12-14H,1,8H2,2-3H3,(H,19,24)(H,22,23). The van der Waals surface area contributed by atoms with Crippen molar-refractivity contribution >= 4 is 18.0 Å². The van der Waals surface area contributed by atoms with Crippen molar-refractivity contribution in [3.8, 4) is 5.75 Å². The Hall–Kier alpha value is -3.10. The highest BCUT2D eigenvalue weighted by molar-refractivity contribution is 5.96. The summed E-state index contributed by atoms with van der Waals surface area (Å²) in [6, 6.07) is 3.77. The molecule has 1 saturated heterocycles. The zero-order chi connectivity index (χ0) is 19.4. The Morgan fingerprint density at radius 3 is 2.46 bits per heavy atom. The highest BCUT2D eigenvalue weighted by Crippen LogP contribution is 2.27. The van der Waals surface area contributed by atoms with E-state index in [1.807, 2.05) is 0 Å². The van der Waals surface area contributed by atoms with Crippen LogP contribution in [0.1, 0.15) is 12.5 Å². The van der Waals surface area contributed by atoms with E-state index in [1.54, 1.807) is 24.3 Å². The summed E-state index contributed by atoms with van der Waals surface area (Å²) in [7, 11) is 1.52. The molecule has 2 N–H and O–H groups in total. The van der Waals surface area contributed by atoms with E-state index >= 15 is 0 Å². The second-order valence-corrected chi connectivity index (χ2v) is 5.75. The number of nitrogens with one attached hydrogen (secondary N) is 1. The first kappa shape index (κ1) is 19.2. The lowest BCUT2D eigenvalue weighted by Gasteiger charge is -2.44. The molecular formula is C17H19FN2O6. The average molecular weight is 366 g/mol. The number of halogens is 1. The van der Waals surface area contributed by atoms with Crippen molar-refractivity contribution in [3.05, 3.63) is 42.0 Å². The molecule has 3 unspecified atom stereocenters. The van der Waals surface area contributed by atoms with Crippen LogP contribution in [0.5, 0.6) is 5.75 Å². The normalized spacial score (nSPS) is 20.0. The van der Waals surface area contributed by atoms with Crippen molar-refractivity contribution in [2.24, 2.45) is 0 Å². The largest absolute Gasteiger partial charge is 0.497 e. The molecule has 2 rings (SSSR count). The Morgan fingerprint density at radius 1 is 1.38 bits per heavy atom. The van der Waals surface area contributed by atoms with Gasteiger partial charge in [-0.25, -0.2) is 14.0 Å². The van der Waals surface area contributed by atoms with Gasteiger partial charge in [0.15, 0.2) is 12.1 Å². The number of alkyl halides is 1. The first-order valence-corrected chi connectivity index (χ1v) is 7.67. The molecule has 1 aliphatic rings. The fraction of sp³-hybridized carbons (Fsp3) is 0.353. The minimum absolute atomic E-state index is 0.0824. The summed E-state index contributed by atoms with van der Waals surface area (Å²) in [6.07, 6.45) is -2.96. The summed E-state index contributed by atoms with van der Waals surface area (Å²) in [5, 5.41) is 11.2. The number of amides is 2. The van der Waals surface area contributed by atoms with E-state index in [-0.39, 0.29) is 12.2 Å². The second-order valence-electron chi connectivity index (χ2n) is 5.75. The van der Waals surface area contributed by atoms with E-state index in [1.165, 1.54) is 14.0 Å². The number of ether oxygens (including phenoxy) is 2. The number of carboxylic acid groups (broad SMARTS) is 1. The lowest BCUT2D eigenvalue weighted by molar-refractivity contribution is -0.173. The summed E-state index contributed by atoms with van der Waals surface area (Å²) >= 11 is 0. The predicted octanol–water partition coefficient (Wildman–Crippen LogP) is 1.46. The highest BCUT2D eigenvalue weighted by Gasteiger charge is 2.54. The molecule has 0 bridgehead atoms. The molecule has 1 aliphatic heterocycles. The van der Waals surface area contributed by atoms with Gasteiger partial charge < -0.3 is 19.9 Å². The van der Waals surface area contributed by atoms with Crippen molar-refractivity contribution in [2.75, 3.05) is 7.11 Å². The third kappa shape index (κ3) is 3.93. The average Bonchev–Trinajstić information content (AvgIpc) is 2.61. The van der Waals surface area contributed by atoms with Crippen molar-refractivity contribution in [1.82, 2.24) is 10.2 Å². The van der Waals surface area contributed by atoms with Gasteiger partial charge in [-0.05, 0) is 30.2 Å². The van der Waals surface area contributed by atoms with Crippen molar-refractivity contribution in [1.29, 1.82) is 0 Å². The number of methoxy groups -OCH3 is 1. The molecule has 0 aliphatic carbocycles. The predicted molar refractivity (Wildman–Crippen MR) is 88.1 cm³/mol. The molecule has 1 aromatic carbocycles. The number of hydrogen-bond donors (Lipinski definition) is 2. The van der Waals surface area contributed by atoms with Crippen LogP contribution in [0.3, 0.4) is 0 Å². The van der Waals surface area contributed by atoms with Crippen LogP contribution in [0.4, 0.5) is 9.18 Å². The van der Waals surface area contributed by atoms with Gasteiger partial charge in [0.25, 0.3) is 5.91 Å². The Balaban J connectivity index is 1.88. The summed E-state index contributed by atoms with van der Waals surface area (Å²) < 4.78 is 24.1. The first-order valence-electron chi connectivity index (χ1n) is 7.67. The van der Waals surface area contributed by atoms with Crippen LogP contribution in [-0.2, 0) is 20.9 Å². The number of nitrogens with zero attached hydrogens (tertiary/aromatic N) is 1. The molecule has 26 heavy (non-hydrogen) atoms. The third-order valence-corrected chi connectivity index (χ3v) is 3.84. The van der Waals surface area contributed by atoms with Crippen molar-refractivity contribution in [2.45, 2.75) is 31.9 Å². The van der Waals surface area contributed by atoms with Gasteiger partial charge in [-0.1, -0.05) is 18.7 Å². The number of hydrogen-bond acceptors (Lipinski definition) is 5. The maximum absolute atomic E-state index is 14.2. The molecule has 0 aromatic heterocycles. The van der Waals surface area contributed by atoms with Gasteiger partial charge in [0.2, 0.25) is 6.30 Å². The van der Waals surface area contributed by atoms with Crippen LogP contribution in [0, 0.1) is 0 Å². The molecule has 1 aromatic rings. The molecule has 2 amide bonds. The van der Waals surface area contributed by atoms with Crippen LogP contribution in [-0.4, -0.2) is 53.5 Å². The molecule has 9 heteroatoms. The SMILES string of the molecule is C=C(C)C(C(=O)O)N1C(=O)C(NC(=O)OCc2ccc(OC)cc2)C1F. The molecule has 0 radical (unpaired) electrons. The quantitative estimate of drug-likeness (QED) is 0.430. The fourth-order valence-corrected chi connectivity index (χ4v) is 2.48. The maximum atomic E-state index is 14.2. The summed E-state index contributed by atoms with van der Waals surface area (Å²) in [6.45, 7) is 4.74. The third-order valence-electron chi connectivity index (χ3n) is 3.84. The second kappa shape index (κ2) is 7.85. The highest BCUT2D eigenvalue weighted by atomic mass is 19.1. The Bertz CT molecular complexity index is 706. The maximum Gasteiger partial charge on any atom is 0.408 e. The lowest BCUT2D eigenvalue weighted by Crippen LogP contribution is -2.72. The number of carbonyl (C=O) groups is 3. The fourth-order valence-electron chi connectivity index (χ4n) is 2.48. The number of rotatable bonds is 7. The number of aliphatic carboxylic acids is 1. The van der Waals surface area contributed by atoms with E-state index in [0.29, 0.717) is 16.2 Å². The molecular weight excluding hydrogens is 347 g/mol. The van der Waals surface area contributed by atoms with Gasteiger partial charge in [-0.15, -0.1) is 0 Å². The van der Waals surface area contributed by atoms with Crippen molar-refractivity contribution in [3.63, 3.8) is 0 Å². The Morgan fingerprint density at radius 2 is 2.00 bits per heavy atom.